The summed E-state index contributed by atoms with van der Waals surface area (Å²) in [6, 6.07) is 6.36. The lowest BCUT2D eigenvalue weighted by atomic mass is 9.86. The average Bonchev–Trinajstić information content (AvgIpc) is 2.69. The first-order valence-electron chi connectivity index (χ1n) is 5.73. The molecule has 0 N–H and O–H groups in total. The van der Waals surface area contributed by atoms with Crippen LogP contribution in [0.4, 0.5) is 0 Å². The number of nitrogens with zero attached hydrogens (tertiary/aromatic N) is 2. The SMILES string of the molecule is IPn1ncc2cc(C#CC3CCC3)ccc21. The fraction of sp³-hybridized carbons (Fsp3) is 0.308. The van der Waals surface area contributed by atoms with Gasteiger partial charge in [-0.05, 0) is 53.1 Å². The third-order valence-corrected chi connectivity index (χ3v) is 5.06. The second kappa shape index (κ2) is 4.96. The van der Waals surface area contributed by atoms with Gasteiger partial charge in [-0.2, -0.15) is 5.10 Å². The van der Waals surface area contributed by atoms with E-state index in [0.717, 1.165) is 5.56 Å². The zero-order valence-electron chi connectivity index (χ0n) is 9.28. The average molecular weight is 354 g/mol. The van der Waals surface area contributed by atoms with Gasteiger partial charge in [-0.1, -0.05) is 18.3 Å². The van der Waals surface area contributed by atoms with Gasteiger partial charge >= 0.3 is 0 Å². The van der Waals surface area contributed by atoms with Crippen molar-refractivity contribution in [3.63, 3.8) is 0 Å². The molecule has 0 spiro atoms. The molecule has 0 radical (unpaired) electrons. The molecule has 0 amide bonds. The number of benzene rings is 1. The predicted molar refractivity (Wildman–Crippen MR) is 81.7 cm³/mol. The molecule has 1 atom stereocenters. The van der Waals surface area contributed by atoms with Gasteiger partial charge in [0.2, 0.25) is 0 Å². The number of halogens is 1. The van der Waals surface area contributed by atoms with E-state index >= 15 is 0 Å². The fourth-order valence-corrected chi connectivity index (χ4v) is 3.47. The molecule has 1 aromatic carbocycles. The van der Waals surface area contributed by atoms with Crippen LogP contribution in [0.3, 0.4) is 0 Å². The summed E-state index contributed by atoms with van der Waals surface area (Å²) in [5.41, 5.74) is 2.31. The molecular formula is C13H12IN2P. The maximum Gasteiger partial charge on any atom is 0.0730 e. The van der Waals surface area contributed by atoms with Crippen LogP contribution in [0.25, 0.3) is 10.9 Å². The van der Waals surface area contributed by atoms with Crippen molar-refractivity contribution >= 4 is 39.3 Å². The van der Waals surface area contributed by atoms with Gasteiger partial charge in [0.15, 0.2) is 0 Å². The Morgan fingerprint density at radius 2 is 2.29 bits per heavy atom. The molecule has 86 valence electrons. The number of aromatic nitrogens is 2. The van der Waals surface area contributed by atoms with E-state index in [2.05, 4.69) is 57.2 Å². The molecule has 1 heterocycles. The number of fused-ring (bicyclic) bond motifs is 1. The van der Waals surface area contributed by atoms with Crippen molar-refractivity contribution in [1.82, 2.24) is 9.55 Å². The van der Waals surface area contributed by atoms with Crippen LogP contribution in [-0.2, 0) is 0 Å². The Labute approximate surface area is 115 Å². The predicted octanol–water partition coefficient (Wildman–Crippen LogP) is 3.98. The lowest BCUT2D eigenvalue weighted by Crippen LogP contribution is -2.07. The highest BCUT2D eigenvalue weighted by Gasteiger charge is 2.13. The smallest absolute Gasteiger partial charge is 0.0730 e. The van der Waals surface area contributed by atoms with E-state index in [0.29, 0.717) is 12.3 Å². The summed E-state index contributed by atoms with van der Waals surface area (Å²) < 4.78 is 2.03. The van der Waals surface area contributed by atoms with Crippen LogP contribution >= 0.6 is 28.4 Å². The summed E-state index contributed by atoms with van der Waals surface area (Å²) in [6.07, 6.45) is 6.49. The lowest BCUT2D eigenvalue weighted by molar-refractivity contribution is 0.401. The highest BCUT2D eigenvalue weighted by Crippen LogP contribution is 2.28. The van der Waals surface area contributed by atoms with Crippen LogP contribution < -0.4 is 0 Å². The minimum Gasteiger partial charge on any atom is -0.237 e. The minimum absolute atomic E-state index is 0.643. The molecule has 1 aliphatic carbocycles. The van der Waals surface area contributed by atoms with E-state index in [1.165, 1.54) is 30.2 Å². The van der Waals surface area contributed by atoms with Crippen LogP contribution in [0.15, 0.2) is 24.4 Å². The quantitative estimate of drug-likeness (QED) is 0.430. The van der Waals surface area contributed by atoms with Crippen molar-refractivity contribution in [2.45, 2.75) is 19.3 Å². The van der Waals surface area contributed by atoms with Gasteiger partial charge in [-0.25, -0.2) is 4.45 Å². The zero-order valence-corrected chi connectivity index (χ0v) is 12.4. The minimum atomic E-state index is 0.643. The van der Waals surface area contributed by atoms with Crippen LogP contribution in [0.2, 0.25) is 0 Å². The van der Waals surface area contributed by atoms with E-state index in [1.807, 2.05) is 10.6 Å². The molecule has 3 rings (SSSR count). The topological polar surface area (TPSA) is 17.8 Å². The molecule has 1 fully saturated rings. The normalized spacial score (nSPS) is 16.1. The molecule has 2 aromatic rings. The van der Waals surface area contributed by atoms with Gasteiger partial charge in [0.05, 0.1) is 18.1 Å². The number of hydrogen-bond acceptors (Lipinski definition) is 1. The summed E-state index contributed by atoms with van der Waals surface area (Å²) in [5.74, 6) is 7.27. The summed E-state index contributed by atoms with van der Waals surface area (Å²) >= 11 is 2.34. The Morgan fingerprint density at radius 1 is 1.41 bits per heavy atom. The molecule has 17 heavy (non-hydrogen) atoms. The monoisotopic (exact) mass is 354 g/mol. The Balaban J connectivity index is 1.92. The van der Waals surface area contributed by atoms with Gasteiger partial charge < -0.3 is 0 Å². The molecule has 1 unspecified atom stereocenters. The zero-order chi connectivity index (χ0) is 11.7. The maximum absolute atomic E-state index is 4.35. The van der Waals surface area contributed by atoms with Gasteiger partial charge in [-0.3, -0.25) is 0 Å². The molecule has 1 aromatic heterocycles. The summed E-state index contributed by atoms with van der Waals surface area (Å²) in [6.45, 7) is 0. The fourth-order valence-electron chi connectivity index (χ4n) is 1.92. The summed E-state index contributed by atoms with van der Waals surface area (Å²) in [4.78, 5) is 0. The maximum atomic E-state index is 4.35. The van der Waals surface area contributed by atoms with E-state index in [9.17, 15) is 0 Å². The van der Waals surface area contributed by atoms with E-state index in [-0.39, 0.29) is 0 Å². The first kappa shape index (κ1) is 11.5. The Bertz CT molecular complexity index is 605. The van der Waals surface area contributed by atoms with Crippen LogP contribution in [0, 0.1) is 17.8 Å². The molecule has 0 saturated heterocycles. The highest BCUT2D eigenvalue weighted by molar-refractivity contribution is 14.2. The molecule has 0 aliphatic heterocycles. The second-order valence-corrected chi connectivity index (χ2v) is 6.35. The van der Waals surface area contributed by atoms with Crippen molar-refractivity contribution in [1.29, 1.82) is 0 Å². The molecule has 2 nitrogen and oxygen atoms in total. The van der Waals surface area contributed by atoms with Crippen molar-refractivity contribution in [3.8, 4) is 11.8 Å². The molecule has 4 heteroatoms. The van der Waals surface area contributed by atoms with Crippen molar-refractivity contribution in [2.24, 2.45) is 5.92 Å². The van der Waals surface area contributed by atoms with E-state index in [4.69, 9.17) is 0 Å². The van der Waals surface area contributed by atoms with E-state index in [1.54, 1.807) is 0 Å². The molecular weight excluding hydrogens is 342 g/mol. The van der Waals surface area contributed by atoms with Crippen molar-refractivity contribution < 1.29 is 0 Å². The molecule has 0 bridgehead atoms. The standard InChI is InChI=1S/C13H12IN2P/c14-17-16-13-7-6-11(8-12(13)9-15-16)5-4-10-2-1-3-10/h6-10,17H,1-3H2. The third-order valence-electron chi connectivity index (χ3n) is 3.17. The van der Waals surface area contributed by atoms with Crippen LogP contribution in [0.1, 0.15) is 24.8 Å². The first-order valence-corrected chi connectivity index (χ1v) is 9.79. The van der Waals surface area contributed by atoms with Gasteiger partial charge in [0, 0.05) is 16.9 Å². The van der Waals surface area contributed by atoms with Gasteiger partial charge in [-0.15, -0.1) is 0 Å². The molecule has 1 saturated carbocycles. The number of hydrogen-bond donors (Lipinski definition) is 0. The van der Waals surface area contributed by atoms with Gasteiger partial charge in [0.1, 0.15) is 0 Å². The van der Waals surface area contributed by atoms with Crippen molar-refractivity contribution in [2.75, 3.05) is 0 Å². The largest absolute Gasteiger partial charge is 0.237 e. The highest BCUT2D eigenvalue weighted by atomic mass is 127. The van der Waals surface area contributed by atoms with E-state index < -0.39 is 0 Å². The summed E-state index contributed by atoms with van der Waals surface area (Å²) in [7, 11) is 0. The first-order chi connectivity index (χ1) is 8.36. The van der Waals surface area contributed by atoms with Crippen molar-refractivity contribution in [3.05, 3.63) is 30.0 Å². The lowest BCUT2D eigenvalue weighted by Gasteiger charge is -2.18. The Hall–Kier alpha value is -0.590. The Kier molecular flexibility index (Phi) is 3.35. The van der Waals surface area contributed by atoms with Gasteiger partial charge in [0.25, 0.3) is 0 Å². The third kappa shape index (κ3) is 2.34. The van der Waals surface area contributed by atoms with Crippen LogP contribution in [0.5, 0.6) is 0 Å². The number of rotatable bonds is 1. The molecule has 1 aliphatic rings. The summed E-state index contributed by atoms with van der Waals surface area (Å²) in [5, 5.41) is 5.54. The second-order valence-electron chi connectivity index (χ2n) is 4.31. The van der Waals surface area contributed by atoms with Crippen LogP contribution in [-0.4, -0.2) is 9.55 Å². The Morgan fingerprint density at radius 3 is 3.00 bits per heavy atom.